The van der Waals surface area contributed by atoms with Gasteiger partial charge in [-0.15, -0.1) is 11.3 Å². The van der Waals surface area contributed by atoms with Gasteiger partial charge in [0.05, 0.1) is 11.5 Å². The van der Waals surface area contributed by atoms with Crippen molar-refractivity contribution < 1.29 is 14.3 Å². The maximum atomic E-state index is 12.4. The van der Waals surface area contributed by atoms with Crippen molar-refractivity contribution in [2.24, 2.45) is 0 Å². The van der Waals surface area contributed by atoms with Gasteiger partial charge in [-0.1, -0.05) is 36.4 Å². The van der Waals surface area contributed by atoms with Crippen molar-refractivity contribution in [3.8, 4) is 0 Å². The molecule has 23 heavy (non-hydrogen) atoms. The largest absolute Gasteiger partial charge is 0.383 e. The van der Waals surface area contributed by atoms with E-state index in [-0.39, 0.29) is 24.5 Å². The van der Waals surface area contributed by atoms with Crippen LogP contribution >= 0.6 is 11.3 Å². The van der Waals surface area contributed by atoms with Crippen LogP contribution in [0.4, 0.5) is 0 Å². The lowest BCUT2D eigenvalue weighted by molar-refractivity contribution is -0.132. The van der Waals surface area contributed by atoms with E-state index in [0.29, 0.717) is 24.6 Å². The van der Waals surface area contributed by atoms with Crippen molar-refractivity contribution in [2.75, 3.05) is 20.3 Å². The molecule has 2 rings (SSSR count). The second-order valence-corrected chi connectivity index (χ2v) is 6.14. The Morgan fingerprint density at radius 3 is 2.52 bits per heavy atom. The summed E-state index contributed by atoms with van der Waals surface area (Å²) in [7, 11) is 1.62. The fraction of sp³-hybridized carbons (Fsp3) is 0.333. The SMILES string of the molecule is COCCN(Cc1ccccc1)C(=O)CCC(=O)c1cccs1. The van der Waals surface area contributed by atoms with Gasteiger partial charge in [-0.2, -0.15) is 0 Å². The minimum atomic E-state index is -0.0178. The summed E-state index contributed by atoms with van der Waals surface area (Å²) in [6.07, 6.45) is 0.477. The quantitative estimate of drug-likeness (QED) is 0.662. The van der Waals surface area contributed by atoms with Gasteiger partial charge in [0.2, 0.25) is 5.91 Å². The van der Waals surface area contributed by atoms with Crippen LogP contribution in [-0.2, 0) is 16.1 Å². The standard InChI is InChI=1S/C18H21NO3S/c1-22-12-11-19(14-15-6-3-2-4-7-15)18(21)10-9-16(20)17-8-5-13-23-17/h2-8,13H,9-12,14H2,1H3. The number of Topliss-reactive ketones (excluding diaryl/α,β-unsaturated/α-hetero) is 1. The average molecular weight is 331 g/mol. The number of thiophene rings is 1. The van der Waals surface area contributed by atoms with Crippen LogP contribution in [0.3, 0.4) is 0 Å². The molecule has 0 saturated carbocycles. The number of carbonyl (C=O) groups is 2. The zero-order valence-electron chi connectivity index (χ0n) is 13.2. The maximum absolute atomic E-state index is 12.4. The normalized spacial score (nSPS) is 10.5. The number of methoxy groups -OCH3 is 1. The van der Waals surface area contributed by atoms with Crippen LogP contribution in [0.2, 0.25) is 0 Å². The van der Waals surface area contributed by atoms with Crippen LogP contribution < -0.4 is 0 Å². The molecule has 122 valence electrons. The minimum absolute atomic E-state index is 0.0178. The zero-order chi connectivity index (χ0) is 16.5. The molecule has 0 aliphatic heterocycles. The van der Waals surface area contributed by atoms with Crippen LogP contribution in [0.1, 0.15) is 28.1 Å². The molecule has 5 heteroatoms. The molecule has 0 aliphatic carbocycles. The van der Waals surface area contributed by atoms with Gasteiger partial charge in [-0.05, 0) is 17.0 Å². The second-order valence-electron chi connectivity index (χ2n) is 5.19. The lowest BCUT2D eigenvalue weighted by Crippen LogP contribution is -2.33. The van der Waals surface area contributed by atoms with Gasteiger partial charge in [0.25, 0.3) is 0 Å². The first-order chi connectivity index (χ1) is 11.2. The lowest BCUT2D eigenvalue weighted by Gasteiger charge is -2.22. The predicted octanol–water partition coefficient (Wildman–Crippen LogP) is 3.39. The summed E-state index contributed by atoms with van der Waals surface area (Å²) < 4.78 is 5.09. The smallest absolute Gasteiger partial charge is 0.223 e. The topological polar surface area (TPSA) is 46.6 Å². The second kappa shape index (κ2) is 9.22. The Morgan fingerprint density at radius 2 is 1.87 bits per heavy atom. The summed E-state index contributed by atoms with van der Waals surface area (Å²) in [6.45, 7) is 1.55. The van der Waals surface area contributed by atoms with E-state index in [0.717, 1.165) is 5.56 Å². The lowest BCUT2D eigenvalue weighted by atomic mass is 10.1. The molecule has 0 aliphatic rings. The van der Waals surface area contributed by atoms with Crippen LogP contribution in [-0.4, -0.2) is 36.9 Å². The number of nitrogens with zero attached hydrogens (tertiary/aromatic N) is 1. The van der Waals surface area contributed by atoms with Gasteiger partial charge in [0.1, 0.15) is 0 Å². The first kappa shape index (κ1) is 17.4. The molecule has 0 N–H and O–H groups in total. The summed E-state index contributed by atoms with van der Waals surface area (Å²) in [5.74, 6) is 0.00978. The number of ether oxygens (including phenoxy) is 1. The molecule has 0 bridgehead atoms. The van der Waals surface area contributed by atoms with E-state index in [1.54, 1.807) is 18.1 Å². The summed E-state index contributed by atoms with van der Waals surface area (Å²) in [5.41, 5.74) is 1.07. The van der Waals surface area contributed by atoms with Crippen LogP contribution in [0.5, 0.6) is 0 Å². The molecule has 1 aromatic heterocycles. The molecule has 0 atom stereocenters. The molecule has 2 aromatic rings. The van der Waals surface area contributed by atoms with E-state index in [9.17, 15) is 9.59 Å². The summed E-state index contributed by atoms with van der Waals surface area (Å²) in [5, 5.41) is 1.87. The first-order valence-corrected chi connectivity index (χ1v) is 8.46. The monoisotopic (exact) mass is 331 g/mol. The highest BCUT2D eigenvalue weighted by atomic mass is 32.1. The van der Waals surface area contributed by atoms with Crippen molar-refractivity contribution in [3.05, 3.63) is 58.3 Å². The van der Waals surface area contributed by atoms with Gasteiger partial charge in [-0.25, -0.2) is 0 Å². The zero-order valence-corrected chi connectivity index (χ0v) is 14.1. The Bertz CT molecular complexity index is 610. The third kappa shape index (κ3) is 5.62. The molecular formula is C18H21NO3S. The Morgan fingerprint density at radius 1 is 1.09 bits per heavy atom. The Balaban J connectivity index is 1.92. The first-order valence-electron chi connectivity index (χ1n) is 7.58. The highest BCUT2D eigenvalue weighted by Crippen LogP contribution is 2.14. The van der Waals surface area contributed by atoms with Gasteiger partial charge in [-0.3, -0.25) is 9.59 Å². The third-order valence-electron chi connectivity index (χ3n) is 3.50. The van der Waals surface area contributed by atoms with Crippen LogP contribution in [0, 0.1) is 0 Å². The number of benzene rings is 1. The molecule has 1 heterocycles. The van der Waals surface area contributed by atoms with E-state index >= 15 is 0 Å². The van der Waals surface area contributed by atoms with E-state index in [1.165, 1.54) is 11.3 Å². The van der Waals surface area contributed by atoms with E-state index in [1.807, 2.05) is 41.8 Å². The van der Waals surface area contributed by atoms with Crippen LogP contribution in [0.15, 0.2) is 47.8 Å². The van der Waals surface area contributed by atoms with Crippen molar-refractivity contribution >= 4 is 23.0 Å². The molecule has 0 radical (unpaired) electrons. The van der Waals surface area contributed by atoms with Crippen LogP contribution in [0.25, 0.3) is 0 Å². The van der Waals surface area contributed by atoms with Gasteiger partial charge >= 0.3 is 0 Å². The van der Waals surface area contributed by atoms with Crippen molar-refractivity contribution in [1.29, 1.82) is 0 Å². The molecular weight excluding hydrogens is 310 g/mol. The predicted molar refractivity (Wildman–Crippen MR) is 91.6 cm³/mol. The number of carbonyl (C=O) groups excluding carboxylic acids is 2. The van der Waals surface area contributed by atoms with Gasteiger partial charge < -0.3 is 9.64 Å². The Hall–Kier alpha value is -1.98. The van der Waals surface area contributed by atoms with Crippen molar-refractivity contribution in [1.82, 2.24) is 4.90 Å². The van der Waals surface area contributed by atoms with Gasteiger partial charge in [0.15, 0.2) is 5.78 Å². The molecule has 1 aromatic carbocycles. The fourth-order valence-corrected chi connectivity index (χ4v) is 2.93. The highest BCUT2D eigenvalue weighted by molar-refractivity contribution is 7.12. The maximum Gasteiger partial charge on any atom is 0.223 e. The minimum Gasteiger partial charge on any atom is -0.383 e. The molecule has 1 amide bonds. The Kier molecular flexibility index (Phi) is 6.97. The molecule has 0 spiro atoms. The average Bonchev–Trinajstić information content (AvgIpc) is 3.11. The summed E-state index contributed by atoms with van der Waals surface area (Å²) in [4.78, 5) is 26.9. The summed E-state index contributed by atoms with van der Waals surface area (Å²) in [6, 6.07) is 13.5. The third-order valence-corrected chi connectivity index (χ3v) is 4.41. The van der Waals surface area contributed by atoms with Gasteiger partial charge in [0, 0.05) is 33.0 Å². The number of amides is 1. The van der Waals surface area contributed by atoms with E-state index < -0.39 is 0 Å². The Labute approximate surface area is 140 Å². The number of hydrogen-bond donors (Lipinski definition) is 0. The number of rotatable bonds is 9. The molecule has 0 unspecified atom stereocenters. The molecule has 0 fully saturated rings. The highest BCUT2D eigenvalue weighted by Gasteiger charge is 2.16. The van der Waals surface area contributed by atoms with E-state index in [4.69, 9.17) is 4.74 Å². The molecule has 4 nitrogen and oxygen atoms in total. The van der Waals surface area contributed by atoms with Crippen molar-refractivity contribution in [3.63, 3.8) is 0 Å². The van der Waals surface area contributed by atoms with Crippen molar-refractivity contribution in [2.45, 2.75) is 19.4 Å². The summed E-state index contributed by atoms with van der Waals surface area (Å²) >= 11 is 1.41. The number of ketones is 1. The fourth-order valence-electron chi connectivity index (χ4n) is 2.24. The number of hydrogen-bond acceptors (Lipinski definition) is 4. The molecule has 0 saturated heterocycles. The van der Waals surface area contributed by atoms with E-state index in [2.05, 4.69) is 0 Å².